The summed E-state index contributed by atoms with van der Waals surface area (Å²) >= 11 is 0. The van der Waals surface area contributed by atoms with Gasteiger partial charge in [0.25, 0.3) is 0 Å². The van der Waals surface area contributed by atoms with Gasteiger partial charge in [0.05, 0.1) is 0 Å². The lowest BCUT2D eigenvalue weighted by atomic mass is 9.80. The summed E-state index contributed by atoms with van der Waals surface area (Å²) in [6.07, 6.45) is 21.2. The monoisotopic (exact) mass is 355 g/mol. The van der Waals surface area contributed by atoms with Crippen LogP contribution in [0.2, 0.25) is 0 Å². The van der Waals surface area contributed by atoms with Crippen LogP contribution >= 0.6 is 0 Å². The van der Waals surface area contributed by atoms with E-state index in [1.54, 1.807) is 0 Å². The maximum Gasteiger partial charge on any atom is 0.321 e. The fraction of sp³-hybridized carbons (Fsp3) is 0.955. The molecule has 0 heterocycles. The van der Waals surface area contributed by atoms with Crippen LogP contribution in [-0.4, -0.2) is 17.1 Å². The fourth-order valence-electron chi connectivity index (χ4n) is 3.44. The van der Waals surface area contributed by atoms with E-state index in [0.717, 1.165) is 12.8 Å². The van der Waals surface area contributed by atoms with E-state index in [9.17, 15) is 4.79 Å². The molecule has 3 heteroatoms. The van der Waals surface area contributed by atoms with E-state index in [1.165, 1.54) is 89.9 Å². The van der Waals surface area contributed by atoms with Crippen molar-refractivity contribution in [2.45, 2.75) is 130 Å². The molecule has 0 bridgehead atoms. The highest BCUT2D eigenvalue weighted by Crippen LogP contribution is 2.27. The molecule has 0 aromatic rings. The summed E-state index contributed by atoms with van der Waals surface area (Å²) in [5.41, 5.74) is 5.45. The van der Waals surface area contributed by atoms with Gasteiger partial charge < -0.3 is 10.8 Å². The van der Waals surface area contributed by atoms with Crippen molar-refractivity contribution in [3.05, 3.63) is 0 Å². The third kappa shape index (κ3) is 14.3. The van der Waals surface area contributed by atoms with Crippen LogP contribution in [-0.2, 0) is 4.79 Å². The Morgan fingerprint density at radius 2 is 1.08 bits per heavy atom. The Hall–Kier alpha value is -0.570. The Morgan fingerprint density at radius 1 is 0.760 bits per heavy atom. The first kappa shape index (κ1) is 24.4. The average molecular weight is 356 g/mol. The molecule has 1 unspecified atom stereocenters. The number of unbranched alkanes of at least 4 members (excludes halogenated alkanes) is 14. The Morgan fingerprint density at radius 3 is 1.40 bits per heavy atom. The molecule has 0 aromatic heterocycles. The predicted octanol–water partition coefficient (Wildman–Crippen LogP) is 6.69. The summed E-state index contributed by atoms with van der Waals surface area (Å²) < 4.78 is 0. The molecule has 0 saturated heterocycles. The summed E-state index contributed by atoms with van der Waals surface area (Å²) in [5.74, 6) is -0.883. The molecule has 0 aliphatic rings. The maximum atomic E-state index is 11.0. The number of carboxylic acid groups (broad SMARTS) is 1. The van der Waals surface area contributed by atoms with Crippen LogP contribution in [0.25, 0.3) is 0 Å². The third-order valence-corrected chi connectivity index (χ3v) is 5.53. The first-order valence-corrected chi connectivity index (χ1v) is 10.9. The molecule has 0 spiro atoms. The van der Waals surface area contributed by atoms with Gasteiger partial charge in [-0.25, -0.2) is 0 Å². The van der Waals surface area contributed by atoms with Gasteiger partial charge >= 0.3 is 5.97 Å². The lowest BCUT2D eigenvalue weighted by Gasteiger charge is -2.28. The van der Waals surface area contributed by atoms with Crippen LogP contribution in [0.5, 0.6) is 0 Å². The lowest BCUT2D eigenvalue weighted by Crippen LogP contribution is -2.43. The zero-order chi connectivity index (χ0) is 19.0. The van der Waals surface area contributed by atoms with Gasteiger partial charge in [0.2, 0.25) is 0 Å². The second kappa shape index (κ2) is 15.7. The number of rotatable bonds is 18. The molecule has 1 atom stereocenters. The first-order chi connectivity index (χ1) is 11.9. The van der Waals surface area contributed by atoms with Crippen LogP contribution in [0.4, 0.5) is 0 Å². The topological polar surface area (TPSA) is 63.3 Å². The molecule has 0 fully saturated rings. The number of carbonyl (C=O) groups is 1. The van der Waals surface area contributed by atoms with Crippen molar-refractivity contribution >= 4 is 5.97 Å². The van der Waals surface area contributed by atoms with Crippen LogP contribution in [0, 0.1) is 5.41 Å². The molecule has 3 nitrogen and oxygen atoms in total. The van der Waals surface area contributed by atoms with Crippen molar-refractivity contribution in [1.82, 2.24) is 0 Å². The normalized spacial score (nSPS) is 13.1. The Bertz CT molecular complexity index is 315. The minimum atomic E-state index is -0.883. The highest BCUT2D eigenvalue weighted by atomic mass is 16.4. The van der Waals surface area contributed by atoms with Crippen LogP contribution in [0.15, 0.2) is 0 Å². The molecule has 25 heavy (non-hydrogen) atoms. The predicted molar refractivity (Wildman–Crippen MR) is 109 cm³/mol. The van der Waals surface area contributed by atoms with Crippen LogP contribution < -0.4 is 5.73 Å². The van der Waals surface area contributed by atoms with E-state index >= 15 is 0 Å². The summed E-state index contributed by atoms with van der Waals surface area (Å²) in [5, 5.41) is 9.02. The van der Waals surface area contributed by atoms with Gasteiger partial charge in [-0.15, -0.1) is 0 Å². The zero-order valence-electron chi connectivity index (χ0n) is 17.3. The van der Waals surface area contributed by atoms with Crippen molar-refractivity contribution < 1.29 is 9.90 Å². The van der Waals surface area contributed by atoms with E-state index in [2.05, 4.69) is 6.92 Å². The molecule has 150 valence electrons. The highest BCUT2D eigenvalue weighted by molar-refractivity contribution is 5.74. The van der Waals surface area contributed by atoms with Gasteiger partial charge in [0.1, 0.15) is 6.04 Å². The van der Waals surface area contributed by atoms with Crippen molar-refractivity contribution in [3.63, 3.8) is 0 Å². The molecular weight excluding hydrogens is 310 g/mol. The minimum absolute atomic E-state index is 0.303. The van der Waals surface area contributed by atoms with Crippen LogP contribution in [0.3, 0.4) is 0 Å². The van der Waals surface area contributed by atoms with E-state index in [0.29, 0.717) is 0 Å². The van der Waals surface area contributed by atoms with E-state index < -0.39 is 12.0 Å². The Kier molecular flexibility index (Phi) is 15.3. The average Bonchev–Trinajstić information content (AvgIpc) is 2.57. The molecule has 0 aliphatic carbocycles. The molecule has 0 aliphatic heterocycles. The van der Waals surface area contributed by atoms with Crippen LogP contribution in [0.1, 0.15) is 124 Å². The largest absolute Gasteiger partial charge is 0.480 e. The molecule has 0 aromatic carbocycles. The van der Waals surface area contributed by atoms with Crippen molar-refractivity contribution in [2.75, 3.05) is 0 Å². The lowest BCUT2D eigenvalue weighted by molar-refractivity contribution is -0.141. The van der Waals surface area contributed by atoms with Crippen molar-refractivity contribution in [3.8, 4) is 0 Å². The van der Waals surface area contributed by atoms with Gasteiger partial charge in [-0.2, -0.15) is 0 Å². The Balaban J connectivity index is 3.30. The molecule has 0 rings (SSSR count). The molecule has 0 radical (unpaired) electrons. The van der Waals surface area contributed by atoms with Gasteiger partial charge in [-0.3, -0.25) is 4.79 Å². The van der Waals surface area contributed by atoms with Gasteiger partial charge in [0.15, 0.2) is 0 Å². The quantitative estimate of drug-likeness (QED) is 0.269. The molecule has 0 saturated carbocycles. The Labute approximate surface area is 157 Å². The number of nitrogens with two attached hydrogens (primary N) is 1. The number of hydrogen-bond donors (Lipinski definition) is 2. The van der Waals surface area contributed by atoms with E-state index in [4.69, 9.17) is 10.8 Å². The van der Waals surface area contributed by atoms with E-state index in [1.807, 2.05) is 13.8 Å². The highest BCUT2D eigenvalue weighted by Gasteiger charge is 2.31. The second-order valence-corrected chi connectivity index (χ2v) is 8.50. The maximum absolute atomic E-state index is 11.0. The zero-order valence-corrected chi connectivity index (χ0v) is 17.3. The fourth-order valence-corrected chi connectivity index (χ4v) is 3.44. The van der Waals surface area contributed by atoms with E-state index in [-0.39, 0.29) is 5.41 Å². The number of hydrogen-bond acceptors (Lipinski definition) is 2. The summed E-state index contributed by atoms with van der Waals surface area (Å²) in [6, 6.07) is -0.751. The first-order valence-electron chi connectivity index (χ1n) is 10.9. The second-order valence-electron chi connectivity index (χ2n) is 8.50. The number of aliphatic carboxylic acids is 1. The summed E-state index contributed by atoms with van der Waals surface area (Å²) in [7, 11) is 0. The molecule has 0 amide bonds. The summed E-state index contributed by atoms with van der Waals surface area (Å²) in [4.78, 5) is 11.0. The smallest absolute Gasteiger partial charge is 0.321 e. The minimum Gasteiger partial charge on any atom is -0.480 e. The molecular formula is C22H45NO2. The third-order valence-electron chi connectivity index (χ3n) is 5.53. The van der Waals surface area contributed by atoms with Crippen molar-refractivity contribution in [2.24, 2.45) is 11.1 Å². The van der Waals surface area contributed by atoms with Gasteiger partial charge in [-0.1, -0.05) is 117 Å². The van der Waals surface area contributed by atoms with Crippen molar-refractivity contribution in [1.29, 1.82) is 0 Å². The standard InChI is InChI=1S/C22H45NO2/c1-4-5-6-7-8-9-10-11-12-13-14-15-16-17-18-19-22(2,3)20(23)21(24)25/h20H,4-19,23H2,1-3H3,(H,24,25). The SMILES string of the molecule is CCCCCCCCCCCCCCCCCC(C)(C)C(N)C(=O)O. The van der Waals surface area contributed by atoms with Gasteiger partial charge in [-0.05, 0) is 11.8 Å². The number of carboxylic acids is 1. The molecule has 3 N–H and O–H groups in total. The summed E-state index contributed by atoms with van der Waals surface area (Å²) in [6.45, 7) is 6.21. The van der Waals surface area contributed by atoms with Gasteiger partial charge in [0, 0.05) is 0 Å².